The van der Waals surface area contributed by atoms with Gasteiger partial charge in [0, 0.05) is 18.2 Å². The Morgan fingerprint density at radius 3 is 2.07 bits per heavy atom. The topological polar surface area (TPSA) is 84.9 Å². The first kappa shape index (κ1) is 21.0. The zero-order valence-corrected chi connectivity index (χ0v) is 16.2. The third-order valence-corrected chi connectivity index (χ3v) is 4.04. The second-order valence-corrected chi connectivity index (χ2v) is 6.15. The Hall–Kier alpha value is -3.35. The van der Waals surface area contributed by atoms with Crippen LogP contribution in [0.5, 0.6) is 11.5 Å². The summed E-state index contributed by atoms with van der Waals surface area (Å²) in [6, 6.07) is 13.7. The summed E-state index contributed by atoms with van der Waals surface area (Å²) in [5.41, 5.74) is 1.13. The minimum absolute atomic E-state index is 0.0440. The maximum absolute atomic E-state index is 12.2. The van der Waals surface area contributed by atoms with Crippen LogP contribution in [0, 0.1) is 0 Å². The fourth-order valence-corrected chi connectivity index (χ4v) is 2.46. The van der Waals surface area contributed by atoms with Gasteiger partial charge < -0.3 is 19.7 Å². The van der Waals surface area contributed by atoms with Gasteiger partial charge in [0.05, 0.1) is 20.2 Å². The van der Waals surface area contributed by atoms with Crippen molar-refractivity contribution < 1.29 is 23.9 Å². The summed E-state index contributed by atoms with van der Waals surface area (Å²) in [5.74, 6) is 0.790. The Labute approximate surface area is 164 Å². The molecule has 0 spiro atoms. The highest BCUT2D eigenvalue weighted by atomic mass is 16.5. The number of rotatable bonds is 9. The van der Waals surface area contributed by atoms with Crippen molar-refractivity contribution in [3.63, 3.8) is 0 Å². The van der Waals surface area contributed by atoms with Gasteiger partial charge in [-0.25, -0.2) is 0 Å². The van der Waals surface area contributed by atoms with Crippen molar-refractivity contribution in [2.75, 3.05) is 32.1 Å². The van der Waals surface area contributed by atoms with E-state index in [1.807, 2.05) is 0 Å². The summed E-state index contributed by atoms with van der Waals surface area (Å²) in [6.07, 6.45) is 0. The van der Waals surface area contributed by atoms with Crippen LogP contribution < -0.4 is 14.8 Å². The van der Waals surface area contributed by atoms with Gasteiger partial charge in [0.25, 0.3) is 0 Å². The van der Waals surface area contributed by atoms with Crippen LogP contribution in [0.2, 0.25) is 0 Å². The molecule has 1 N–H and O–H groups in total. The molecule has 2 amide bonds. The molecule has 2 aromatic rings. The number of carbonyl (C=O) groups excluding carboxylic acids is 3. The highest BCUT2D eigenvalue weighted by Gasteiger charge is 2.14. The second kappa shape index (κ2) is 10.1. The Balaban J connectivity index is 1.84. The standard InChI is InChI=1S/C21H24N2O5/c1-15(24)17-4-6-18(7-5-17)22-21(26)14-23(16(2)25)12-13-28-20-10-8-19(27-3)9-11-20/h4-11H,12-14H2,1-3H3,(H,22,26). The lowest BCUT2D eigenvalue weighted by molar-refractivity contribution is -0.133. The van der Waals surface area contributed by atoms with Crippen LogP contribution >= 0.6 is 0 Å². The quantitative estimate of drug-likeness (QED) is 0.672. The van der Waals surface area contributed by atoms with Crippen molar-refractivity contribution in [2.24, 2.45) is 0 Å². The van der Waals surface area contributed by atoms with Crippen molar-refractivity contribution in [3.8, 4) is 11.5 Å². The molecule has 0 saturated carbocycles. The molecule has 0 unspecified atom stereocenters. The molecule has 0 aliphatic carbocycles. The fourth-order valence-electron chi connectivity index (χ4n) is 2.46. The van der Waals surface area contributed by atoms with E-state index in [1.165, 1.54) is 18.7 Å². The molecule has 0 fully saturated rings. The summed E-state index contributed by atoms with van der Waals surface area (Å²) < 4.78 is 10.7. The monoisotopic (exact) mass is 384 g/mol. The van der Waals surface area contributed by atoms with Crippen LogP contribution in [0.15, 0.2) is 48.5 Å². The van der Waals surface area contributed by atoms with E-state index in [4.69, 9.17) is 9.47 Å². The Kier molecular flexibility index (Phi) is 7.56. The van der Waals surface area contributed by atoms with Crippen LogP contribution in [-0.4, -0.2) is 49.3 Å². The number of ether oxygens (including phenoxy) is 2. The first-order valence-corrected chi connectivity index (χ1v) is 8.82. The number of amides is 2. The van der Waals surface area contributed by atoms with E-state index in [1.54, 1.807) is 55.6 Å². The van der Waals surface area contributed by atoms with E-state index in [0.717, 1.165) is 5.75 Å². The molecule has 0 atom stereocenters. The van der Waals surface area contributed by atoms with Gasteiger partial charge in [-0.15, -0.1) is 0 Å². The molecule has 148 valence electrons. The van der Waals surface area contributed by atoms with Gasteiger partial charge in [-0.2, -0.15) is 0 Å². The third-order valence-electron chi connectivity index (χ3n) is 4.04. The van der Waals surface area contributed by atoms with Gasteiger partial charge in [0.15, 0.2) is 5.78 Å². The van der Waals surface area contributed by atoms with E-state index >= 15 is 0 Å². The molecular formula is C21H24N2O5. The highest BCUT2D eigenvalue weighted by molar-refractivity contribution is 5.96. The predicted octanol–water partition coefficient (Wildman–Crippen LogP) is 2.76. The highest BCUT2D eigenvalue weighted by Crippen LogP contribution is 2.17. The second-order valence-electron chi connectivity index (χ2n) is 6.15. The van der Waals surface area contributed by atoms with Gasteiger partial charge >= 0.3 is 0 Å². The number of benzene rings is 2. The molecular weight excluding hydrogens is 360 g/mol. The van der Waals surface area contributed by atoms with Crippen molar-refractivity contribution >= 4 is 23.3 Å². The van der Waals surface area contributed by atoms with Crippen LogP contribution in [0.3, 0.4) is 0 Å². The van der Waals surface area contributed by atoms with Crippen LogP contribution in [0.4, 0.5) is 5.69 Å². The molecule has 0 radical (unpaired) electrons. The predicted molar refractivity (Wildman–Crippen MR) is 106 cm³/mol. The first-order chi connectivity index (χ1) is 13.4. The number of ketones is 1. The van der Waals surface area contributed by atoms with E-state index in [0.29, 0.717) is 17.0 Å². The summed E-state index contributed by atoms with van der Waals surface area (Å²) in [6.45, 7) is 3.33. The number of anilines is 1. The van der Waals surface area contributed by atoms with Gasteiger partial charge in [-0.05, 0) is 55.5 Å². The third kappa shape index (κ3) is 6.42. The molecule has 0 heterocycles. The maximum atomic E-state index is 12.2. The molecule has 28 heavy (non-hydrogen) atoms. The van der Waals surface area contributed by atoms with Crippen LogP contribution in [-0.2, 0) is 9.59 Å². The molecule has 7 nitrogen and oxygen atoms in total. The average Bonchev–Trinajstić information content (AvgIpc) is 2.68. The normalized spacial score (nSPS) is 10.1. The molecule has 7 heteroatoms. The van der Waals surface area contributed by atoms with Crippen molar-refractivity contribution in [2.45, 2.75) is 13.8 Å². The minimum Gasteiger partial charge on any atom is -0.497 e. The largest absolute Gasteiger partial charge is 0.497 e. The zero-order chi connectivity index (χ0) is 20.5. The number of hydrogen-bond acceptors (Lipinski definition) is 5. The van der Waals surface area contributed by atoms with E-state index < -0.39 is 0 Å². The van der Waals surface area contributed by atoms with Crippen molar-refractivity contribution in [3.05, 3.63) is 54.1 Å². The van der Waals surface area contributed by atoms with Crippen LogP contribution in [0.25, 0.3) is 0 Å². The summed E-state index contributed by atoms with van der Waals surface area (Å²) in [4.78, 5) is 36.7. The number of nitrogens with zero attached hydrogens (tertiary/aromatic N) is 1. The van der Waals surface area contributed by atoms with E-state index in [2.05, 4.69) is 5.32 Å². The van der Waals surface area contributed by atoms with Crippen molar-refractivity contribution in [1.82, 2.24) is 4.90 Å². The lowest BCUT2D eigenvalue weighted by Gasteiger charge is -2.20. The minimum atomic E-state index is -0.324. The molecule has 2 rings (SSSR count). The van der Waals surface area contributed by atoms with Crippen LogP contribution in [0.1, 0.15) is 24.2 Å². The Morgan fingerprint density at radius 2 is 1.54 bits per heavy atom. The Morgan fingerprint density at radius 1 is 0.929 bits per heavy atom. The molecule has 0 saturated heterocycles. The van der Waals surface area contributed by atoms with E-state index in [-0.39, 0.29) is 37.3 Å². The lowest BCUT2D eigenvalue weighted by atomic mass is 10.1. The molecule has 2 aromatic carbocycles. The molecule has 0 aliphatic heterocycles. The molecule has 0 bridgehead atoms. The Bertz CT molecular complexity index is 816. The molecule has 0 aliphatic rings. The van der Waals surface area contributed by atoms with Crippen molar-refractivity contribution in [1.29, 1.82) is 0 Å². The maximum Gasteiger partial charge on any atom is 0.243 e. The van der Waals surface area contributed by atoms with Gasteiger partial charge in [0.2, 0.25) is 11.8 Å². The number of methoxy groups -OCH3 is 1. The average molecular weight is 384 g/mol. The SMILES string of the molecule is COc1ccc(OCCN(CC(=O)Nc2ccc(C(C)=O)cc2)C(C)=O)cc1. The van der Waals surface area contributed by atoms with E-state index in [9.17, 15) is 14.4 Å². The van der Waals surface area contributed by atoms with Gasteiger partial charge in [0.1, 0.15) is 18.1 Å². The smallest absolute Gasteiger partial charge is 0.243 e. The first-order valence-electron chi connectivity index (χ1n) is 8.82. The zero-order valence-electron chi connectivity index (χ0n) is 16.2. The number of carbonyl (C=O) groups is 3. The lowest BCUT2D eigenvalue weighted by Crippen LogP contribution is -2.39. The summed E-state index contributed by atoms with van der Waals surface area (Å²) in [7, 11) is 1.59. The number of hydrogen-bond donors (Lipinski definition) is 1. The number of nitrogens with one attached hydrogen (secondary N) is 1. The summed E-state index contributed by atoms with van der Waals surface area (Å²) in [5, 5.41) is 2.72. The fraction of sp³-hybridized carbons (Fsp3) is 0.286. The molecule has 0 aromatic heterocycles. The van der Waals surface area contributed by atoms with Gasteiger partial charge in [-0.3, -0.25) is 14.4 Å². The summed E-state index contributed by atoms with van der Waals surface area (Å²) >= 11 is 0. The number of Topliss-reactive ketones (excluding diaryl/α,β-unsaturated/α-hetero) is 1. The van der Waals surface area contributed by atoms with Gasteiger partial charge in [-0.1, -0.05) is 0 Å².